The van der Waals surface area contributed by atoms with Gasteiger partial charge in [-0.3, -0.25) is 0 Å². The molecular weight excluding hydrogens is 330 g/mol. The number of aromatic amines is 1. The van der Waals surface area contributed by atoms with E-state index in [0.717, 1.165) is 25.0 Å². The maximum atomic E-state index is 11.3. The first-order valence-electron chi connectivity index (χ1n) is 7.86. The van der Waals surface area contributed by atoms with E-state index in [9.17, 15) is 14.4 Å². The quantitative estimate of drug-likeness (QED) is 0.391. The van der Waals surface area contributed by atoms with Gasteiger partial charge >= 0.3 is 18.0 Å². The Balaban J connectivity index is 0.000000609. The van der Waals surface area contributed by atoms with Crippen LogP contribution in [0, 0.1) is 5.92 Å². The summed E-state index contributed by atoms with van der Waals surface area (Å²) in [6.45, 7) is 5.31. The van der Waals surface area contributed by atoms with E-state index < -0.39 is 11.9 Å². The number of rotatable bonds is 9. The second kappa shape index (κ2) is 13.6. The molecule has 1 amide bonds. The fourth-order valence-corrected chi connectivity index (χ4v) is 1.44. The van der Waals surface area contributed by atoms with Gasteiger partial charge in [0.15, 0.2) is 0 Å². The lowest BCUT2D eigenvalue weighted by molar-refractivity contribution is -0.134. The summed E-state index contributed by atoms with van der Waals surface area (Å²) in [5.74, 6) is -2.02. The van der Waals surface area contributed by atoms with Crippen LogP contribution >= 0.6 is 0 Å². The Morgan fingerprint density at radius 3 is 2.44 bits per heavy atom. The number of H-pyrrole nitrogens is 1. The molecule has 9 heteroatoms. The number of ether oxygens (including phenoxy) is 1. The Morgan fingerprint density at radius 1 is 1.32 bits per heavy atom. The number of hydrogen-bond donors (Lipinski definition) is 4. The number of hydrogen-bond acceptors (Lipinski definition) is 5. The summed E-state index contributed by atoms with van der Waals surface area (Å²) < 4.78 is 5.05. The van der Waals surface area contributed by atoms with E-state index in [1.54, 1.807) is 12.5 Å². The van der Waals surface area contributed by atoms with Crippen molar-refractivity contribution in [2.75, 3.05) is 13.2 Å². The van der Waals surface area contributed by atoms with E-state index in [-0.39, 0.29) is 6.09 Å². The fraction of sp³-hybridized carbons (Fsp3) is 0.500. The van der Waals surface area contributed by atoms with Gasteiger partial charge in [-0.2, -0.15) is 0 Å². The van der Waals surface area contributed by atoms with Crippen LogP contribution in [0.4, 0.5) is 4.79 Å². The number of alkyl carbamates (subject to hydrolysis) is 1. The summed E-state index contributed by atoms with van der Waals surface area (Å²) >= 11 is 0. The van der Waals surface area contributed by atoms with Crippen LogP contribution in [-0.2, 0) is 20.7 Å². The number of aromatic nitrogens is 2. The number of nitrogens with zero attached hydrogens (tertiary/aromatic N) is 1. The van der Waals surface area contributed by atoms with Gasteiger partial charge in [0.05, 0.1) is 12.9 Å². The smallest absolute Gasteiger partial charge is 0.407 e. The third kappa shape index (κ3) is 14.5. The van der Waals surface area contributed by atoms with Crippen molar-refractivity contribution in [1.29, 1.82) is 0 Å². The van der Waals surface area contributed by atoms with Crippen molar-refractivity contribution in [3.05, 3.63) is 30.4 Å². The molecular formula is C16H25N3O6. The topological polar surface area (TPSA) is 142 Å². The standard InChI is InChI=1S/C12H21N3O2.C4H4O4/c1-3-10(2)7-14-12(16)17-6-4-5-11-8-13-9-15-11;5-3(6)1-2-4(7)8/h8-10H,3-7H2,1-2H3,(H,13,15)(H,14,16);1-2H,(H,5,6)(H,7,8)/b;2-1+. The van der Waals surface area contributed by atoms with E-state index in [2.05, 4.69) is 29.1 Å². The molecule has 1 aromatic rings. The van der Waals surface area contributed by atoms with Gasteiger partial charge < -0.3 is 25.3 Å². The molecule has 1 aromatic heterocycles. The van der Waals surface area contributed by atoms with Crippen molar-refractivity contribution < 1.29 is 29.3 Å². The van der Waals surface area contributed by atoms with Crippen molar-refractivity contribution >= 4 is 18.0 Å². The van der Waals surface area contributed by atoms with Crippen molar-refractivity contribution in [2.24, 2.45) is 5.92 Å². The Labute approximate surface area is 146 Å². The largest absolute Gasteiger partial charge is 0.478 e. The molecule has 0 fully saturated rings. The van der Waals surface area contributed by atoms with Crippen LogP contribution in [0.5, 0.6) is 0 Å². The number of aliphatic carboxylic acids is 2. The van der Waals surface area contributed by atoms with Crippen molar-refractivity contribution in [3.8, 4) is 0 Å². The predicted octanol–water partition coefficient (Wildman–Crippen LogP) is 1.83. The molecule has 9 nitrogen and oxygen atoms in total. The molecule has 1 atom stereocenters. The minimum Gasteiger partial charge on any atom is -0.478 e. The highest BCUT2D eigenvalue weighted by atomic mass is 16.5. The number of imidazole rings is 1. The van der Waals surface area contributed by atoms with E-state index in [0.29, 0.717) is 31.2 Å². The Bertz CT molecular complexity index is 526. The molecule has 0 bridgehead atoms. The zero-order chi connectivity index (χ0) is 19.1. The van der Waals surface area contributed by atoms with Crippen LogP contribution in [0.1, 0.15) is 32.4 Å². The molecule has 140 valence electrons. The zero-order valence-electron chi connectivity index (χ0n) is 14.4. The summed E-state index contributed by atoms with van der Waals surface area (Å²) in [5.41, 5.74) is 1.06. The minimum atomic E-state index is -1.26. The molecule has 1 heterocycles. The number of nitrogens with one attached hydrogen (secondary N) is 2. The van der Waals surface area contributed by atoms with E-state index in [1.165, 1.54) is 0 Å². The first-order chi connectivity index (χ1) is 11.8. The van der Waals surface area contributed by atoms with Gasteiger partial charge in [-0.15, -0.1) is 0 Å². The lowest BCUT2D eigenvalue weighted by Crippen LogP contribution is -2.29. The van der Waals surface area contributed by atoms with Gasteiger partial charge in [0, 0.05) is 30.6 Å². The van der Waals surface area contributed by atoms with Gasteiger partial charge in [0.2, 0.25) is 0 Å². The average molecular weight is 355 g/mol. The molecule has 1 rings (SSSR count). The summed E-state index contributed by atoms with van der Waals surface area (Å²) in [6.07, 6.45) is 6.93. The van der Waals surface area contributed by atoms with E-state index in [1.807, 2.05) is 0 Å². The Hall–Kier alpha value is -2.84. The summed E-state index contributed by atoms with van der Waals surface area (Å²) in [4.78, 5) is 37.3. The number of carbonyl (C=O) groups is 3. The maximum Gasteiger partial charge on any atom is 0.407 e. The molecule has 0 aliphatic carbocycles. The molecule has 0 aliphatic rings. The normalized spacial score (nSPS) is 11.3. The fourth-order valence-electron chi connectivity index (χ4n) is 1.44. The van der Waals surface area contributed by atoms with Gasteiger partial charge in [0.1, 0.15) is 0 Å². The molecule has 0 aromatic carbocycles. The highest BCUT2D eigenvalue weighted by molar-refractivity contribution is 5.89. The summed E-state index contributed by atoms with van der Waals surface area (Å²) in [5, 5.41) is 18.4. The summed E-state index contributed by atoms with van der Waals surface area (Å²) in [7, 11) is 0. The van der Waals surface area contributed by atoms with Crippen molar-refractivity contribution in [3.63, 3.8) is 0 Å². The first kappa shape index (κ1) is 22.2. The van der Waals surface area contributed by atoms with Crippen LogP contribution < -0.4 is 5.32 Å². The second-order valence-electron chi connectivity index (χ2n) is 5.22. The molecule has 25 heavy (non-hydrogen) atoms. The highest BCUT2D eigenvalue weighted by Gasteiger charge is 2.04. The highest BCUT2D eigenvalue weighted by Crippen LogP contribution is 1.99. The SMILES string of the molecule is CCC(C)CNC(=O)OCCCc1cnc[nH]1.O=C(O)/C=C/C(=O)O. The molecule has 1 unspecified atom stereocenters. The maximum absolute atomic E-state index is 11.3. The zero-order valence-corrected chi connectivity index (χ0v) is 14.4. The molecule has 0 radical (unpaired) electrons. The van der Waals surface area contributed by atoms with E-state index >= 15 is 0 Å². The lowest BCUT2D eigenvalue weighted by atomic mass is 10.1. The molecule has 0 spiro atoms. The second-order valence-corrected chi connectivity index (χ2v) is 5.22. The van der Waals surface area contributed by atoms with Gasteiger partial charge in [-0.25, -0.2) is 19.4 Å². The monoisotopic (exact) mass is 355 g/mol. The Kier molecular flexibility index (Phi) is 12.0. The number of carboxylic acids is 2. The van der Waals surface area contributed by atoms with Gasteiger partial charge in [0.25, 0.3) is 0 Å². The van der Waals surface area contributed by atoms with Crippen molar-refractivity contribution in [2.45, 2.75) is 33.1 Å². The van der Waals surface area contributed by atoms with Crippen LogP contribution in [-0.4, -0.2) is 51.4 Å². The third-order valence-electron chi connectivity index (χ3n) is 3.04. The molecule has 0 aliphatic heterocycles. The van der Waals surface area contributed by atoms with Gasteiger partial charge in [-0.05, 0) is 18.8 Å². The van der Waals surface area contributed by atoms with Crippen LogP contribution in [0.2, 0.25) is 0 Å². The first-order valence-corrected chi connectivity index (χ1v) is 7.86. The van der Waals surface area contributed by atoms with Crippen LogP contribution in [0.15, 0.2) is 24.7 Å². The number of carboxylic acid groups (broad SMARTS) is 2. The molecule has 0 saturated heterocycles. The molecule has 0 saturated carbocycles. The van der Waals surface area contributed by atoms with E-state index in [4.69, 9.17) is 14.9 Å². The van der Waals surface area contributed by atoms with Gasteiger partial charge in [-0.1, -0.05) is 20.3 Å². The van der Waals surface area contributed by atoms with Crippen LogP contribution in [0.25, 0.3) is 0 Å². The minimum absolute atomic E-state index is 0.324. The average Bonchev–Trinajstić information content (AvgIpc) is 3.08. The molecule has 4 N–H and O–H groups in total. The number of amides is 1. The van der Waals surface area contributed by atoms with Crippen LogP contribution in [0.3, 0.4) is 0 Å². The number of carbonyl (C=O) groups excluding carboxylic acids is 1. The predicted molar refractivity (Wildman–Crippen MR) is 90.1 cm³/mol. The van der Waals surface area contributed by atoms with Crippen molar-refractivity contribution in [1.82, 2.24) is 15.3 Å². The number of aryl methyl sites for hydroxylation is 1. The third-order valence-corrected chi connectivity index (χ3v) is 3.04. The Morgan fingerprint density at radius 2 is 1.96 bits per heavy atom. The summed E-state index contributed by atoms with van der Waals surface area (Å²) in [6, 6.07) is 0. The lowest BCUT2D eigenvalue weighted by Gasteiger charge is -2.10.